The van der Waals surface area contributed by atoms with Gasteiger partial charge in [0.1, 0.15) is 6.73 Å². The fourth-order valence-electron chi connectivity index (χ4n) is 3.16. The molecule has 27 heavy (non-hydrogen) atoms. The third kappa shape index (κ3) is 4.34. The number of rotatable bonds is 8. The van der Waals surface area contributed by atoms with Crippen LogP contribution >= 0.6 is 11.8 Å². The summed E-state index contributed by atoms with van der Waals surface area (Å²) < 4.78 is 5.35. The first-order valence-corrected chi connectivity index (χ1v) is 10.1. The highest BCUT2D eigenvalue weighted by molar-refractivity contribution is 7.99. The molecule has 6 heteroatoms. The Morgan fingerprint density at radius 3 is 2.44 bits per heavy atom. The third-order valence-corrected chi connectivity index (χ3v) is 5.35. The van der Waals surface area contributed by atoms with Gasteiger partial charge >= 0.3 is 0 Å². The van der Waals surface area contributed by atoms with Gasteiger partial charge in [-0.25, -0.2) is 4.98 Å². The number of aromatic nitrogens is 2. The van der Waals surface area contributed by atoms with E-state index in [4.69, 9.17) is 4.74 Å². The number of hydrogen-bond acceptors (Lipinski definition) is 4. The quantitative estimate of drug-likeness (QED) is 0.462. The highest BCUT2D eigenvalue weighted by atomic mass is 32.2. The van der Waals surface area contributed by atoms with Gasteiger partial charge in [0.15, 0.2) is 5.16 Å². The lowest BCUT2D eigenvalue weighted by Gasteiger charge is -2.26. The van der Waals surface area contributed by atoms with Crippen molar-refractivity contribution in [2.24, 2.45) is 0 Å². The topological polar surface area (TPSA) is 58.2 Å². The Hall–Kier alpha value is -2.31. The molecule has 1 amide bonds. The number of ether oxygens (including phenoxy) is 1. The fourth-order valence-corrected chi connectivity index (χ4v) is 3.92. The minimum Gasteiger partial charge on any atom is -0.364 e. The highest BCUT2D eigenvalue weighted by Crippen LogP contribution is 2.28. The molecular weight excluding hydrogens is 358 g/mol. The molecule has 0 saturated carbocycles. The van der Waals surface area contributed by atoms with Crippen LogP contribution in [-0.4, -0.2) is 35.5 Å². The summed E-state index contributed by atoms with van der Waals surface area (Å²) in [5.41, 5.74) is 5.19. The van der Waals surface area contributed by atoms with E-state index in [0.717, 1.165) is 45.8 Å². The maximum absolute atomic E-state index is 13.0. The number of anilines is 1. The number of aromatic amines is 1. The predicted molar refractivity (Wildman–Crippen MR) is 111 cm³/mol. The van der Waals surface area contributed by atoms with Gasteiger partial charge in [-0.05, 0) is 36.1 Å². The molecule has 0 aliphatic rings. The molecule has 0 saturated heterocycles. The molecule has 3 aromatic rings. The second-order valence-corrected chi connectivity index (χ2v) is 7.18. The molecule has 1 heterocycles. The summed E-state index contributed by atoms with van der Waals surface area (Å²) >= 11 is 1.42. The molecule has 2 aromatic carbocycles. The summed E-state index contributed by atoms with van der Waals surface area (Å²) in [6.07, 6.45) is 1.74. The molecule has 3 rings (SSSR count). The summed E-state index contributed by atoms with van der Waals surface area (Å²) in [5.74, 6) is 0.308. The van der Waals surface area contributed by atoms with E-state index in [0.29, 0.717) is 5.75 Å². The number of H-pyrrole nitrogens is 1. The first kappa shape index (κ1) is 19.5. The lowest BCUT2D eigenvalue weighted by Crippen LogP contribution is -2.35. The molecule has 0 aliphatic carbocycles. The van der Waals surface area contributed by atoms with E-state index < -0.39 is 0 Å². The number of hydrogen-bond donors (Lipinski definition) is 1. The third-order valence-electron chi connectivity index (χ3n) is 4.49. The first-order chi connectivity index (χ1) is 13.2. The molecule has 0 spiro atoms. The predicted octanol–water partition coefficient (Wildman–Crippen LogP) is 4.42. The average Bonchev–Trinajstić information content (AvgIpc) is 3.12. The van der Waals surface area contributed by atoms with Crippen molar-refractivity contribution in [3.63, 3.8) is 0 Å². The number of para-hydroxylation sites is 3. The first-order valence-electron chi connectivity index (χ1n) is 9.15. The van der Waals surface area contributed by atoms with Gasteiger partial charge in [-0.3, -0.25) is 9.69 Å². The minimum absolute atomic E-state index is 0.0120. The van der Waals surface area contributed by atoms with Crippen LogP contribution in [0.2, 0.25) is 0 Å². The average molecular weight is 384 g/mol. The van der Waals surface area contributed by atoms with Gasteiger partial charge in [-0.15, -0.1) is 0 Å². The molecule has 142 valence electrons. The number of benzene rings is 2. The number of nitrogens with zero attached hydrogens (tertiary/aromatic N) is 2. The standard InChI is InChI=1S/C21H25N3O2S/c1-4-15-9-8-10-16(5-2)20(15)24(14-26-3)19(25)13-27-21-22-17-11-6-7-12-18(17)23-21/h6-12H,4-5,13-14H2,1-3H3,(H,22,23). The smallest absolute Gasteiger partial charge is 0.239 e. The molecular formula is C21H25N3O2S. The molecule has 1 N–H and O–H groups in total. The SMILES string of the molecule is CCc1cccc(CC)c1N(COC)C(=O)CSc1nc2ccccc2[nH]1. The van der Waals surface area contributed by atoms with Gasteiger partial charge in [0.25, 0.3) is 0 Å². The van der Waals surface area contributed by atoms with Crippen LogP contribution in [0, 0.1) is 0 Å². The molecule has 0 atom stereocenters. The van der Waals surface area contributed by atoms with E-state index in [1.807, 2.05) is 24.3 Å². The van der Waals surface area contributed by atoms with Crippen LogP contribution in [0.5, 0.6) is 0 Å². The molecule has 0 radical (unpaired) electrons. The maximum atomic E-state index is 13.0. The second-order valence-electron chi connectivity index (χ2n) is 6.22. The van der Waals surface area contributed by atoms with Crippen molar-refractivity contribution in [1.29, 1.82) is 0 Å². The van der Waals surface area contributed by atoms with Crippen LogP contribution in [0.25, 0.3) is 11.0 Å². The molecule has 0 aliphatic heterocycles. The zero-order valence-corrected chi connectivity index (χ0v) is 16.8. The van der Waals surface area contributed by atoms with Crippen molar-refractivity contribution in [2.75, 3.05) is 24.5 Å². The molecule has 0 unspecified atom stereocenters. The number of aryl methyl sites for hydroxylation is 2. The number of amides is 1. The Kier molecular flexibility index (Phi) is 6.53. The summed E-state index contributed by atoms with van der Waals surface area (Å²) in [5, 5.41) is 0.751. The fraction of sp³-hybridized carbons (Fsp3) is 0.333. The van der Waals surface area contributed by atoms with Crippen molar-refractivity contribution in [1.82, 2.24) is 9.97 Å². The van der Waals surface area contributed by atoms with Gasteiger partial charge in [-0.2, -0.15) is 0 Å². The van der Waals surface area contributed by atoms with Gasteiger partial charge in [0.05, 0.1) is 22.5 Å². The Balaban J connectivity index is 1.81. The summed E-state index contributed by atoms with van der Waals surface area (Å²) in [6, 6.07) is 14.1. The van der Waals surface area contributed by atoms with Crippen molar-refractivity contribution < 1.29 is 9.53 Å². The largest absolute Gasteiger partial charge is 0.364 e. The van der Waals surface area contributed by atoms with Crippen LogP contribution in [0.4, 0.5) is 5.69 Å². The van der Waals surface area contributed by atoms with Crippen LogP contribution in [0.1, 0.15) is 25.0 Å². The zero-order chi connectivity index (χ0) is 19.2. The van der Waals surface area contributed by atoms with Crippen LogP contribution in [0.15, 0.2) is 47.6 Å². The van der Waals surface area contributed by atoms with Gasteiger partial charge in [-0.1, -0.05) is 55.9 Å². The van der Waals surface area contributed by atoms with E-state index in [2.05, 4.69) is 42.0 Å². The van der Waals surface area contributed by atoms with Crippen LogP contribution in [0.3, 0.4) is 0 Å². The van der Waals surface area contributed by atoms with Crippen molar-refractivity contribution in [3.8, 4) is 0 Å². The Bertz CT molecular complexity index is 867. The van der Waals surface area contributed by atoms with E-state index in [9.17, 15) is 4.79 Å². The van der Waals surface area contributed by atoms with Gasteiger partial charge < -0.3 is 9.72 Å². The molecule has 5 nitrogen and oxygen atoms in total. The number of fused-ring (bicyclic) bond motifs is 1. The van der Waals surface area contributed by atoms with Crippen molar-refractivity contribution >= 4 is 34.4 Å². The zero-order valence-electron chi connectivity index (χ0n) is 16.0. The normalized spacial score (nSPS) is 11.1. The number of imidazole rings is 1. The second kappa shape index (κ2) is 9.06. The minimum atomic E-state index is 0.0120. The van der Waals surface area contributed by atoms with Gasteiger partial charge in [0, 0.05) is 7.11 Å². The Labute approximate surface area is 164 Å². The van der Waals surface area contributed by atoms with Crippen LogP contribution in [-0.2, 0) is 22.4 Å². The Morgan fingerprint density at radius 1 is 1.11 bits per heavy atom. The highest BCUT2D eigenvalue weighted by Gasteiger charge is 2.21. The number of nitrogens with one attached hydrogen (secondary N) is 1. The summed E-state index contributed by atoms with van der Waals surface area (Å²) in [4.78, 5) is 22.6. The van der Waals surface area contributed by atoms with Crippen LogP contribution < -0.4 is 4.90 Å². The van der Waals surface area contributed by atoms with Gasteiger partial charge in [0.2, 0.25) is 5.91 Å². The van der Waals surface area contributed by atoms with Crippen molar-refractivity contribution in [3.05, 3.63) is 53.6 Å². The Morgan fingerprint density at radius 2 is 1.81 bits per heavy atom. The van der Waals surface area contributed by atoms with E-state index in [1.54, 1.807) is 12.0 Å². The number of methoxy groups -OCH3 is 1. The number of carbonyl (C=O) groups excluding carboxylic acids is 1. The molecule has 0 bridgehead atoms. The van der Waals surface area contributed by atoms with E-state index in [-0.39, 0.29) is 12.6 Å². The molecule has 0 fully saturated rings. The lowest BCUT2D eigenvalue weighted by molar-refractivity contribution is -0.117. The van der Waals surface area contributed by atoms with E-state index >= 15 is 0 Å². The van der Waals surface area contributed by atoms with Crippen molar-refractivity contribution in [2.45, 2.75) is 31.8 Å². The lowest BCUT2D eigenvalue weighted by atomic mass is 10.0. The number of carbonyl (C=O) groups is 1. The number of thioether (sulfide) groups is 1. The summed E-state index contributed by atoms with van der Waals surface area (Å²) in [7, 11) is 1.62. The monoisotopic (exact) mass is 383 g/mol. The maximum Gasteiger partial charge on any atom is 0.239 e. The molecule has 1 aromatic heterocycles. The summed E-state index contributed by atoms with van der Waals surface area (Å²) in [6.45, 7) is 4.46. The van der Waals surface area contributed by atoms with E-state index in [1.165, 1.54) is 11.8 Å².